The van der Waals surface area contributed by atoms with Gasteiger partial charge in [0.2, 0.25) is 0 Å². The molecule has 0 fully saturated rings. The Bertz CT molecular complexity index is 2540. The zero-order valence-electron chi connectivity index (χ0n) is 37.7. The molecule has 2 aliphatic rings. The summed E-state index contributed by atoms with van der Waals surface area (Å²) in [7, 11) is 0. The van der Waals surface area contributed by atoms with Gasteiger partial charge in [-0.15, -0.1) is 0 Å². The van der Waals surface area contributed by atoms with Crippen LogP contribution < -0.4 is 26.2 Å². The van der Waals surface area contributed by atoms with Crippen LogP contribution in [0.15, 0.2) is 146 Å². The minimum atomic E-state index is -0.0385. The van der Waals surface area contributed by atoms with Crippen molar-refractivity contribution in [2.24, 2.45) is 0 Å². The van der Waals surface area contributed by atoms with Gasteiger partial charge in [0, 0.05) is 34.0 Å². The quantitative estimate of drug-likeness (QED) is 0.112. The van der Waals surface area contributed by atoms with E-state index in [-0.39, 0.29) is 23.0 Å². The number of allylic oxidation sites excluding steroid dienone is 8. The number of nitrogens with zero attached hydrogens (tertiary/aromatic N) is 2. The summed E-state index contributed by atoms with van der Waals surface area (Å²) in [6.07, 6.45) is 11.5. The van der Waals surface area contributed by atoms with Gasteiger partial charge in [-0.25, -0.2) is 0 Å². The average Bonchev–Trinajstić information content (AvgIpc) is 3.18. The number of hydrogen-bond acceptors (Lipinski definition) is 2. The van der Waals surface area contributed by atoms with Crippen molar-refractivity contribution in [2.75, 3.05) is 9.80 Å². The molecule has 0 saturated heterocycles. The van der Waals surface area contributed by atoms with E-state index < -0.39 is 0 Å². The first-order valence-corrected chi connectivity index (χ1v) is 21.4. The highest BCUT2D eigenvalue weighted by molar-refractivity contribution is 7.00. The maximum Gasteiger partial charge on any atom is 0.252 e. The molecule has 0 bridgehead atoms. The van der Waals surface area contributed by atoms with Gasteiger partial charge >= 0.3 is 0 Å². The van der Waals surface area contributed by atoms with Crippen molar-refractivity contribution in [3.63, 3.8) is 0 Å². The second kappa shape index (κ2) is 15.6. The fourth-order valence-electron chi connectivity index (χ4n) is 8.85. The van der Waals surface area contributed by atoms with Crippen molar-refractivity contribution in [1.82, 2.24) is 0 Å². The van der Waals surface area contributed by atoms with E-state index in [0.717, 1.165) is 28.9 Å². The SMILES string of the molecule is C=C/C=C(\C=C)c1ccccc1N1c2ccc(C(C)(C)C)cc2B2c3cc(C(C)(C)C)ccc3N(c3ccc(C(C)(C)C)cc3)c3cc(/C(C=C(C)C)=C/CC)cc1c32. The first kappa shape index (κ1) is 41.6. The molecule has 3 heteroatoms. The van der Waals surface area contributed by atoms with Crippen LogP contribution in [0.2, 0.25) is 0 Å². The lowest BCUT2D eigenvalue weighted by molar-refractivity contribution is 0.590. The number of benzene rings is 5. The maximum atomic E-state index is 4.27. The Morgan fingerprint density at radius 3 is 1.63 bits per heavy atom. The van der Waals surface area contributed by atoms with E-state index in [1.54, 1.807) is 0 Å². The van der Waals surface area contributed by atoms with Crippen molar-refractivity contribution >= 4 is 68.4 Å². The van der Waals surface area contributed by atoms with Gasteiger partial charge in [0.05, 0.1) is 5.69 Å². The Morgan fingerprint density at radius 2 is 1.12 bits per heavy atom. The van der Waals surface area contributed by atoms with E-state index in [1.807, 2.05) is 12.2 Å². The van der Waals surface area contributed by atoms with Gasteiger partial charge < -0.3 is 9.80 Å². The predicted octanol–water partition coefficient (Wildman–Crippen LogP) is 14.2. The normalized spacial score (nSPS) is 14.1. The Morgan fingerprint density at radius 1 is 0.593 bits per heavy atom. The molecule has 5 aromatic carbocycles. The average molecular weight is 775 g/mol. The third-order valence-electron chi connectivity index (χ3n) is 12.0. The Labute approximate surface area is 356 Å². The molecule has 0 aliphatic carbocycles. The number of anilines is 6. The highest BCUT2D eigenvalue weighted by Gasteiger charge is 2.45. The van der Waals surface area contributed by atoms with E-state index in [4.69, 9.17) is 0 Å². The van der Waals surface area contributed by atoms with Gasteiger partial charge in [-0.3, -0.25) is 0 Å². The molecule has 0 aromatic heterocycles. The first-order valence-electron chi connectivity index (χ1n) is 21.4. The number of para-hydroxylation sites is 1. The molecule has 0 spiro atoms. The van der Waals surface area contributed by atoms with E-state index in [9.17, 15) is 0 Å². The van der Waals surface area contributed by atoms with Crippen molar-refractivity contribution in [3.05, 3.63) is 174 Å². The Hall–Kier alpha value is -5.54. The molecule has 2 nitrogen and oxygen atoms in total. The van der Waals surface area contributed by atoms with Gasteiger partial charge in [0.15, 0.2) is 0 Å². The monoisotopic (exact) mass is 775 g/mol. The molecule has 0 saturated carbocycles. The molecule has 2 aliphatic heterocycles. The van der Waals surface area contributed by atoms with Crippen molar-refractivity contribution in [3.8, 4) is 0 Å². The van der Waals surface area contributed by atoms with Crippen LogP contribution >= 0.6 is 0 Å². The lowest BCUT2D eigenvalue weighted by atomic mass is 9.33. The van der Waals surface area contributed by atoms with Gasteiger partial charge in [0.25, 0.3) is 6.71 Å². The van der Waals surface area contributed by atoms with Crippen LogP contribution in [-0.2, 0) is 16.2 Å². The summed E-state index contributed by atoms with van der Waals surface area (Å²) in [5, 5.41) is 0. The maximum absolute atomic E-state index is 4.27. The zero-order chi connectivity index (χ0) is 42.6. The van der Waals surface area contributed by atoms with Crippen LogP contribution in [0, 0.1) is 0 Å². The molecule has 0 unspecified atom stereocenters. The molecule has 0 amide bonds. The summed E-state index contributed by atoms with van der Waals surface area (Å²) in [6, 6.07) is 37.6. The molecular weight excluding hydrogens is 711 g/mol. The number of hydrogen-bond donors (Lipinski definition) is 0. The van der Waals surface area contributed by atoms with Gasteiger partial charge in [-0.2, -0.15) is 0 Å². The summed E-state index contributed by atoms with van der Waals surface area (Å²) in [6.45, 7) is 35.8. The predicted molar refractivity (Wildman–Crippen MR) is 263 cm³/mol. The zero-order valence-corrected chi connectivity index (χ0v) is 37.7. The fraction of sp³-hybridized carbons (Fsp3) is 0.286. The van der Waals surface area contributed by atoms with E-state index in [2.05, 4.69) is 221 Å². The summed E-state index contributed by atoms with van der Waals surface area (Å²) in [5.74, 6) is 0. The standard InChI is InChI=1S/C56H63BN2/c1-15-20-38(17-3)45-22-18-19-23-48(45)59-50-31-27-43(56(12,13)14)36-47(50)57-46-35-42(55(9,10)11)26-30-49(46)58(44-28-24-41(25-29-44)54(6,7)8)51-33-40(34-52(59)53(51)57)39(21-16-2)32-37(4)5/h15,17-36H,1,3,16H2,2,4-14H3/b38-20+,39-21+. The fourth-order valence-corrected chi connectivity index (χ4v) is 8.85. The minimum absolute atomic E-state index is 0.00168. The van der Waals surface area contributed by atoms with E-state index >= 15 is 0 Å². The van der Waals surface area contributed by atoms with E-state index in [0.29, 0.717) is 0 Å². The van der Waals surface area contributed by atoms with Crippen LogP contribution in [0.4, 0.5) is 34.1 Å². The summed E-state index contributed by atoms with van der Waals surface area (Å²) in [5.41, 5.74) is 20.9. The molecule has 2 heterocycles. The van der Waals surface area contributed by atoms with Crippen molar-refractivity contribution in [1.29, 1.82) is 0 Å². The van der Waals surface area contributed by atoms with Crippen molar-refractivity contribution < 1.29 is 0 Å². The topological polar surface area (TPSA) is 6.48 Å². The second-order valence-electron chi connectivity index (χ2n) is 19.7. The summed E-state index contributed by atoms with van der Waals surface area (Å²) >= 11 is 0. The summed E-state index contributed by atoms with van der Waals surface area (Å²) in [4.78, 5) is 5.09. The van der Waals surface area contributed by atoms with Crippen molar-refractivity contribution in [2.45, 2.75) is 106 Å². The van der Waals surface area contributed by atoms with Gasteiger partial charge in [-0.1, -0.05) is 173 Å². The molecule has 300 valence electrons. The van der Waals surface area contributed by atoms with Gasteiger partial charge in [0.1, 0.15) is 0 Å². The number of fused-ring (bicyclic) bond motifs is 4. The van der Waals surface area contributed by atoms with Gasteiger partial charge in [-0.05, 0) is 129 Å². The molecule has 59 heavy (non-hydrogen) atoms. The smallest absolute Gasteiger partial charge is 0.252 e. The second-order valence-corrected chi connectivity index (χ2v) is 19.7. The Balaban J connectivity index is 1.69. The van der Waals surface area contributed by atoms with E-state index in [1.165, 1.54) is 72.5 Å². The van der Waals surface area contributed by atoms with Crippen LogP contribution in [0.25, 0.3) is 11.1 Å². The molecule has 7 rings (SSSR count). The molecule has 0 radical (unpaired) electrons. The highest BCUT2D eigenvalue weighted by Crippen LogP contribution is 2.48. The molecule has 5 aromatic rings. The molecular formula is C56H63BN2. The third-order valence-corrected chi connectivity index (χ3v) is 12.0. The highest BCUT2D eigenvalue weighted by atomic mass is 15.2. The summed E-state index contributed by atoms with van der Waals surface area (Å²) < 4.78 is 0. The molecule has 0 atom stereocenters. The largest absolute Gasteiger partial charge is 0.311 e. The first-order chi connectivity index (χ1) is 27.9. The minimum Gasteiger partial charge on any atom is -0.311 e. The van der Waals surface area contributed by atoms with Crippen LogP contribution in [0.5, 0.6) is 0 Å². The van der Waals surface area contributed by atoms with Crippen LogP contribution in [-0.4, -0.2) is 6.71 Å². The lowest BCUT2D eigenvalue weighted by Gasteiger charge is -2.45. The lowest BCUT2D eigenvalue weighted by Crippen LogP contribution is -2.61. The van der Waals surface area contributed by atoms with Crippen LogP contribution in [0.3, 0.4) is 0 Å². The molecule has 0 N–H and O–H groups in total. The van der Waals surface area contributed by atoms with Crippen LogP contribution in [0.1, 0.15) is 117 Å². The third kappa shape index (κ3) is 7.73. The Kier molecular flexibility index (Phi) is 11.0. The number of rotatable bonds is 8.